The predicted molar refractivity (Wildman–Crippen MR) is 67.5 cm³/mol. The Bertz CT molecular complexity index is 412. The molecule has 4 nitrogen and oxygen atoms in total. The van der Waals surface area contributed by atoms with E-state index in [1.54, 1.807) is 0 Å². The normalized spacial score (nSPS) is 12.3. The first-order valence-electron chi connectivity index (χ1n) is 5.74. The maximum atomic E-state index is 6.92. The van der Waals surface area contributed by atoms with E-state index in [9.17, 15) is 0 Å². The second-order valence-electron chi connectivity index (χ2n) is 6.22. The van der Waals surface area contributed by atoms with Crippen molar-refractivity contribution in [3.63, 3.8) is 0 Å². The quantitative estimate of drug-likeness (QED) is 0.699. The Morgan fingerprint density at radius 3 is 1.59 bits per heavy atom. The lowest BCUT2D eigenvalue weighted by Gasteiger charge is -2.21. The number of hydrogen-bond acceptors (Lipinski definition) is 3. The zero-order chi connectivity index (χ0) is 13.3. The molecule has 0 fully saturated rings. The Balaban J connectivity index is 3.35. The molecule has 4 heteroatoms. The summed E-state index contributed by atoms with van der Waals surface area (Å²) in [6.07, 6.45) is 0. The van der Waals surface area contributed by atoms with Crippen molar-refractivity contribution in [2.75, 3.05) is 0 Å². The van der Waals surface area contributed by atoms with Crippen LogP contribution in [0.2, 0.25) is 0 Å². The second-order valence-corrected chi connectivity index (χ2v) is 6.22. The standard InChI is InChI=1S/C13H20N4/c1-12(2,3)10-15-9(8-14-7)16-11(17-10)13(4,5)6/h8H2,1-6H3. The van der Waals surface area contributed by atoms with E-state index < -0.39 is 0 Å². The van der Waals surface area contributed by atoms with Crippen molar-refractivity contribution in [3.8, 4) is 0 Å². The van der Waals surface area contributed by atoms with Gasteiger partial charge in [-0.3, -0.25) is 0 Å². The number of nitrogens with zero attached hydrogens (tertiary/aromatic N) is 4. The third-order valence-corrected chi connectivity index (χ3v) is 2.24. The number of hydrogen-bond donors (Lipinski definition) is 0. The molecule has 1 aromatic heterocycles. The summed E-state index contributed by atoms with van der Waals surface area (Å²) < 4.78 is 0. The van der Waals surface area contributed by atoms with Crippen molar-refractivity contribution in [1.29, 1.82) is 0 Å². The van der Waals surface area contributed by atoms with E-state index in [-0.39, 0.29) is 17.4 Å². The predicted octanol–water partition coefficient (Wildman–Crippen LogP) is 2.89. The monoisotopic (exact) mass is 232 g/mol. The molecule has 0 aliphatic heterocycles. The molecule has 0 N–H and O–H groups in total. The van der Waals surface area contributed by atoms with Gasteiger partial charge >= 0.3 is 0 Å². The third kappa shape index (κ3) is 3.48. The van der Waals surface area contributed by atoms with Crippen LogP contribution in [-0.4, -0.2) is 15.0 Å². The lowest BCUT2D eigenvalue weighted by Crippen LogP contribution is -2.24. The molecule has 0 saturated heterocycles. The van der Waals surface area contributed by atoms with Crippen molar-refractivity contribution < 1.29 is 0 Å². The van der Waals surface area contributed by atoms with Gasteiger partial charge in [-0.15, -0.1) is 0 Å². The zero-order valence-corrected chi connectivity index (χ0v) is 11.5. The molecule has 0 aliphatic rings. The fourth-order valence-corrected chi connectivity index (χ4v) is 1.23. The summed E-state index contributed by atoms with van der Waals surface area (Å²) in [4.78, 5) is 16.6. The van der Waals surface area contributed by atoms with Gasteiger partial charge in [0.05, 0.1) is 0 Å². The van der Waals surface area contributed by atoms with Gasteiger partial charge in [0, 0.05) is 10.8 Å². The molecule has 0 spiro atoms. The molecule has 0 atom stereocenters. The Labute approximate surface area is 103 Å². The smallest absolute Gasteiger partial charge is 0.273 e. The molecule has 1 heterocycles. The van der Waals surface area contributed by atoms with Gasteiger partial charge in [0.25, 0.3) is 6.54 Å². The minimum Gasteiger partial charge on any atom is -0.308 e. The van der Waals surface area contributed by atoms with E-state index in [2.05, 4.69) is 61.3 Å². The SMILES string of the molecule is [C-]#[N+]Cc1nc(C(C)(C)C)nc(C(C)(C)C)n1. The van der Waals surface area contributed by atoms with E-state index in [0.717, 1.165) is 11.6 Å². The van der Waals surface area contributed by atoms with Crippen LogP contribution in [-0.2, 0) is 17.4 Å². The van der Waals surface area contributed by atoms with E-state index in [1.165, 1.54) is 0 Å². The summed E-state index contributed by atoms with van der Waals surface area (Å²) in [6, 6.07) is 0. The van der Waals surface area contributed by atoms with Gasteiger partial charge in [-0.2, -0.15) is 0 Å². The number of aromatic nitrogens is 3. The summed E-state index contributed by atoms with van der Waals surface area (Å²) in [5, 5.41) is 0. The maximum absolute atomic E-state index is 6.92. The lowest BCUT2D eigenvalue weighted by atomic mass is 9.93. The lowest BCUT2D eigenvalue weighted by molar-refractivity contribution is 0.489. The summed E-state index contributed by atoms with van der Waals surface area (Å²) in [5.41, 5.74) is -0.251. The van der Waals surface area contributed by atoms with Crippen LogP contribution in [0.4, 0.5) is 0 Å². The highest BCUT2D eigenvalue weighted by Crippen LogP contribution is 2.23. The summed E-state index contributed by atoms with van der Waals surface area (Å²) in [5.74, 6) is 2.09. The van der Waals surface area contributed by atoms with Gasteiger partial charge in [0.2, 0.25) is 5.82 Å². The molecule has 0 bridgehead atoms. The van der Waals surface area contributed by atoms with Gasteiger partial charge in [0.15, 0.2) is 0 Å². The van der Waals surface area contributed by atoms with Crippen molar-refractivity contribution in [1.82, 2.24) is 15.0 Å². The molecule has 0 radical (unpaired) electrons. The first-order chi connectivity index (χ1) is 7.64. The Morgan fingerprint density at radius 2 is 1.29 bits per heavy atom. The van der Waals surface area contributed by atoms with Crippen LogP contribution in [0.3, 0.4) is 0 Å². The summed E-state index contributed by atoms with van der Waals surface area (Å²) in [7, 11) is 0. The van der Waals surface area contributed by atoms with Crippen LogP contribution in [0.5, 0.6) is 0 Å². The molecule has 0 aliphatic carbocycles. The molecule has 17 heavy (non-hydrogen) atoms. The Morgan fingerprint density at radius 1 is 0.882 bits per heavy atom. The Kier molecular flexibility index (Phi) is 3.51. The fraction of sp³-hybridized carbons (Fsp3) is 0.692. The van der Waals surface area contributed by atoms with Gasteiger partial charge in [-0.1, -0.05) is 41.5 Å². The van der Waals surface area contributed by atoms with Crippen LogP contribution in [0, 0.1) is 6.57 Å². The first kappa shape index (κ1) is 13.6. The van der Waals surface area contributed by atoms with Gasteiger partial charge in [0.1, 0.15) is 11.6 Å². The van der Waals surface area contributed by atoms with Crippen molar-refractivity contribution in [2.24, 2.45) is 0 Å². The van der Waals surface area contributed by atoms with Gasteiger partial charge in [-0.05, 0) is 0 Å². The van der Waals surface area contributed by atoms with Crippen LogP contribution in [0.15, 0.2) is 0 Å². The minimum atomic E-state index is -0.125. The van der Waals surface area contributed by atoms with Crippen molar-refractivity contribution in [3.05, 3.63) is 28.9 Å². The molecule has 1 aromatic rings. The molecule has 0 aromatic carbocycles. The molecular formula is C13H20N4. The van der Waals surface area contributed by atoms with Crippen LogP contribution in [0.25, 0.3) is 4.85 Å². The van der Waals surface area contributed by atoms with Crippen molar-refractivity contribution in [2.45, 2.75) is 58.9 Å². The summed E-state index contributed by atoms with van der Waals surface area (Å²) >= 11 is 0. The average Bonchev–Trinajstić information content (AvgIpc) is 2.15. The molecule has 0 saturated carbocycles. The Hall–Kier alpha value is -1.50. The van der Waals surface area contributed by atoms with E-state index >= 15 is 0 Å². The van der Waals surface area contributed by atoms with Crippen LogP contribution < -0.4 is 0 Å². The molecule has 1 rings (SSSR count). The van der Waals surface area contributed by atoms with E-state index in [4.69, 9.17) is 6.57 Å². The average molecular weight is 232 g/mol. The molecular weight excluding hydrogens is 212 g/mol. The van der Waals surface area contributed by atoms with E-state index in [0.29, 0.717) is 5.82 Å². The van der Waals surface area contributed by atoms with Gasteiger partial charge < -0.3 is 4.85 Å². The maximum Gasteiger partial charge on any atom is 0.273 e. The highest BCUT2D eigenvalue weighted by Gasteiger charge is 2.25. The molecule has 0 amide bonds. The van der Waals surface area contributed by atoms with E-state index in [1.807, 2.05) is 0 Å². The van der Waals surface area contributed by atoms with Gasteiger partial charge in [-0.25, -0.2) is 21.5 Å². The highest BCUT2D eigenvalue weighted by molar-refractivity contribution is 5.11. The zero-order valence-electron chi connectivity index (χ0n) is 11.5. The fourth-order valence-electron chi connectivity index (χ4n) is 1.23. The van der Waals surface area contributed by atoms with Crippen LogP contribution >= 0.6 is 0 Å². The van der Waals surface area contributed by atoms with Crippen LogP contribution in [0.1, 0.15) is 59.0 Å². The topological polar surface area (TPSA) is 43.0 Å². The van der Waals surface area contributed by atoms with Crippen molar-refractivity contribution >= 4 is 0 Å². The molecule has 92 valence electrons. The second kappa shape index (κ2) is 4.40. The minimum absolute atomic E-state index is 0.125. The molecule has 0 unspecified atom stereocenters. The summed E-state index contributed by atoms with van der Waals surface area (Å²) in [6.45, 7) is 19.5. The highest BCUT2D eigenvalue weighted by atomic mass is 15.1. The number of rotatable bonds is 1. The third-order valence-electron chi connectivity index (χ3n) is 2.24. The first-order valence-corrected chi connectivity index (χ1v) is 5.74. The largest absolute Gasteiger partial charge is 0.308 e.